The molecule has 4 heteroatoms. The second-order valence-electron chi connectivity index (χ2n) is 5.36. The van der Waals surface area contributed by atoms with Crippen molar-refractivity contribution in [3.63, 3.8) is 0 Å². The fourth-order valence-corrected chi connectivity index (χ4v) is 2.95. The molecule has 108 valence electrons. The van der Waals surface area contributed by atoms with E-state index in [1.807, 2.05) is 30.3 Å². The molecule has 0 saturated heterocycles. The lowest BCUT2D eigenvalue weighted by Gasteiger charge is -2.29. The molecule has 0 amide bonds. The smallest absolute Gasteiger partial charge is 0.335 e. The molecule has 0 aliphatic carbocycles. The van der Waals surface area contributed by atoms with Gasteiger partial charge in [-0.2, -0.15) is 0 Å². The van der Waals surface area contributed by atoms with Crippen molar-refractivity contribution in [3.8, 4) is 0 Å². The first-order valence-corrected chi connectivity index (χ1v) is 7.10. The summed E-state index contributed by atoms with van der Waals surface area (Å²) in [6.07, 6.45) is -0.153. The zero-order valence-electron chi connectivity index (χ0n) is 11.7. The van der Waals surface area contributed by atoms with Gasteiger partial charge in [0.25, 0.3) is 0 Å². The Morgan fingerprint density at radius 3 is 2.18 bits per heavy atom. The van der Waals surface area contributed by atoms with E-state index in [-0.39, 0.29) is 11.7 Å². The Balaban J connectivity index is 1.78. The van der Waals surface area contributed by atoms with Crippen molar-refractivity contribution in [3.05, 3.63) is 71.8 Å². The Bertz CT molecular complexity index is 848. The van der Waals surface area contributed by atoms with Crippen molar-refractivity contribution < 1.29 is 9.90 Å². The van der Waals surface area contributed by atoms with Gasteiger partial charge in [-0.15, -0.1) is 0 Å². The van der Waals surface area contributed by atoms with Crippen LogP contribution in [0.5, 0.6) is 0 Å². The normalized spacial score (nSPS) is 13.5. The summed E-state index contributed by atoms with van der Waals surface area (Å²) in [6, 6.07) is 19.3. The zero-order valence-corrected chi connectivity index (χ0v) is 11.7. The third-order valence-corrected chi connectivity index (χ3v) is 3.97. The number of benzene rings is 3. The van der Waals surface area contributed by atoms with Gasteiger partial charge in [-0.3, -0.25) is 0 Å². The highest BCUT2D eigenvalue weighted by atomic mass is 16.4. The lowest BCUT2D eigenvalue weighted by Crippen LogP contribution is -2.23. The summed E-state index contributed by atoms with van der Waals surface area (Å²) in [5.41, 5.74) is 3.29. The largest absolute Gasteiger partial charge is 0.478 e. The van der Waals surface area contributed by atoms with Crippen molar-refractivity contribution in [1.29, 1.82) is 0 Å². The van der Waals surface area contributed by atoms with Gasteiger partial charge in [0.1, 0.15) is 6.17 Å². The first kappa shape index (κ1) is 12.7. The van der Waals surface area contributed by atoms with E-state index >= 15 is 0 Å². The summed E-state index contributed by atoms with van der Waals surface area (Å²) >= 11 is 0. The number of hydrogen-bond acceptors (Lipinski definition) is 3. The fourth-order valence-electron chi connectivity index (χ4n) is 2.95. The Kier molecular flexibility index (Phi) is 2.76. The van der Waals surface area contributed by atoms with Crippen LogP contribution < -0.4 is 10.6 Å². The summed E-state index contributed by atoms with van der Waals surface area (Å²) in [7, 11) is 0. The molecular formula is C18H14N2O2. The van der Waals surface area contributed by atoms with E-state index in [4.69, 9.17) is 5.11 Å². The van der Waals surface area contributed by atoms with Gasteiger partial charge in [-0.25, -0.2) is 4.79 Å². The number of carboxylic acids is 1. The molecule has 3 aromatic carbocycles. The topological polar surface area (TPSA) is 61.4 Å². The summed E-state index contributed by atoms with van der Waals surface area (Å²) in [5, 5.41) is 18.4. The highest BCUT2D eigenvalue weighted by Gasteiger charge is 2.20. The zero-order chi connectivity index (χ0) is 15.1. The third kappa shape index (κ3) is 1.97. The molecule has 3 N–H and O–H groups in total. The molecule has 1 heterocycles. The Labute approximate surface area is 127 Å². The van der Waals surface area contributed by atoms with Gasteiger partial charge in [0.2, 0.25) is 0 Å². The molecule has 0 saturated carbocycles. The maximum absolute atomic E-state index is 11.1. The minimum atomic E-state index is -0.917. The van der Waals surface area contributed by atoms with E-state index in [0.717, 1.165) is 22.3 Å². The number of hydrogen-bond donors (Lipinski definition) is 3. The lowest BCUT2D eigenvalue weighted by atomic mass is 10.0. The van der Waals surface area contributed by atoms with Crippen LogP contribution in [-0.2, 0) is 0 Å². The first-order valence-electron chi connectivity index (χ1n) is 7.10. The van der Waals surface area contributed by atoms with Crippen LogP contribution in [0, 0.1) is 0 Å². The second-order valence-corrected chi connectivity index (χ2v) is 5.36. The number of carbonyl (C=O) groups is 1. The van der Waals surface area contributed by atoms with E-state index in [1.54, 1.807) is 18.2 Å². The molecule has 1 aliphatic rings. The molecule has 0 fully saturated rings. The molecule has 0 radical (unpaired) electrons. The highest BCUT2D eigenvalue weighted by molar-refractivity contribution is 6.04. The van der Waals surface area contributed by atoms with E-state index in [2.05, 4.69) is 22.8 Å². The van der Waals surface area contributed by atoms with Crippen LogP contribution in [0.2, 0.25) is 0 Å². The van der Waals surface area contributed by atoms with Crippen LogP contribution in [0.15, 0.2) is 60.7 Å². The molecule has 0 spiro atoms. The first-order chi connectivity index (χ1) is 10.7. The van der Waals surface area contributed by atoms with Crippen LogP contribution in [-0.4, -0.2) is 11.1 Å². The molecule has 0 bridgehead atoms. The van der Waals surface area contributed by atoms with Gasteiger partial charge in [0, 0.05) is 16.8 Å². The predicted molar refractivity (Wildman–Crippen MR) is 87.3 cm³/mol. The van der Waals surface area contributed by atoms with E-state index < -0.39 is 5.97 Å². The monoisotopic (exact) mass is 290 g/mol. The quantitative estimate of drug-likeness (QED) is 0.665. The molecule has 0 unspecified atom stereocenters. The van der Waals surface area contributed by atoms with Crippen LogP contribution >= 0.6 is 0 Å². The molecule has 1 aliphatic heterocycles. The van der Waals surface area contributed by atoms with Gasteiger partial charge in [0.15, 0.2) is 0 Å². The van der Waals surface area contributed by atoms with Crippen LogP contribution in [0.4, 0.5) is 11.4 Å². The number of carboxylic acid groups (broad SMARTS) is 1. The number of anilines is 2. The second kappa shape index (κ2) is 4.77. The standard InChI is InChI=1S/C18H14N2O2/c21-18(22)13-7-1-6-12(10-13)17-19-14-8-2-4-11-5-3-9-15(20-17)16(11)14/h1-10,17,19-20H,(H,21,22). The van der Waals surface area contributed by atoms with Crippen molar-refractivity contribution in [2.75, 3.05) is 10.6 Å². The van der Waals surface area contributed by atoms with Gasteiger partial charge >= 0.3 is 5.97 Å². The van der Waals surface area contributed by atoms with E-state index in [1.165, 1.54) is 5.39 Å². The lowest BCUT2D eigenvalue weighted by molar-refractivity contribution is 0.0697. The Hall–Kier alpha value is -3.01. The number of nitrogens with one attached hydrogen (secondary N) is 2. The van der Waals surface area contributed by atoms with Crippen molar-refractivity contribution in [2.45, 2.75) is 6.17 Å². The molecule has 22 heavy (non-hydrogen) atoms. The number of aromatic carboxylic acids is 1. The molecule has 4 rings (SSSR count). The Morgan fingerprint density at radius 1 is 0.909 bits per heavy atom. The maximum Gasteiger partial charge on any atom is 0.335 e. The number of rotatable bonds is 2. The van der Waals surface area contributed by atoms with Crippen molar-refractivity contribution >= 4 is 28.1 Å². The third-order valence-electron chi connectivity index (χ3n) is 3.97. The van der Waals surface area contributed by atoms with Crippen LogP contribution in [0.1, 0.15) is 22.1 Å². The SMILES string of the molecule is O=C(O)c1cccc(C2Nc3cccc4cccc(c34)N2)c1. The van der Waals surface area contributed by atoms with E-state index in [9.17, 15) is 4.79 Å². The van der Waals surface area contributed by atoms with Crippen LogP contribution in [0.3, 0.4) is 0 Å². The summed E-state index contributed by atoms with van der Waals surface area (Å²) < 4.78 is 0. The predicted octanol–water partition coefficient (Wildman–Crippen LogP) is 4.07. The molecule has 0 atom stereocenters. The van der Waals surface area contributed by atoms with Crippen LogP contribution in [0.25, 0.3) is 10.8 Å². The molecule has 0 aromatic heterocycles. The molecule has 4 nitrogen and oxygen atoms in total. The van der Waals surface area contributed by atoms with Gasteiger partial charge in [0.05, 0.1) is 5.56 Å². The fraction of sp³-hybridized carbons (Fsp3) is 0.0556. The minimum absolute atomic E-state index is 0.153. The van der Waals surface area contributed by atoms with Gasteiger partial charge in [-0.1, -0.05) is 36.4 Å². The van der Waals surface area contributed by atoms with E-state index in [0.29, 0.717) is 0 Å². The summed E-state index contributed by atoms with van der Waals surface area (Å²) in [5.74, 6) is -0.917. The van der Waals surface area contributed by atoms with Gasteiger partial charge < -0.3 is 15.7 Å². The Morgan fingerprint density at radius 2 is 1.55 bits per heavy atom. The van der Waals surface area contributed by atoms with Gasteiger partial charge in [-0.05, 0) is 35.2 Å². The average Bonchev–Trinajstić information content (AvgIpc) is 2.55. The summed E-state index contributed by atoms with van der Waals surface area (Å²) in [4.78, 5) is 11.1. The molecular weight excluding hydrogens is 276 g/mol. The van der Waals surface area contributed by atoms with Crippen molar-refractivity contribution in [1.82, 2.24) is 0 Å². The average molecular weight is 290 g/mol. The minimum Gasteiger partial charge on any atom is -0.478 e. The van der Waals surface area contributed by atoms with Crippen molar-refractivity contribution in [2.24, 2.45) is 0 Å². The summed E-state index contributed by atoms with van der Waals surface area (Å²) in [6.45, 7) is 0. The molecule has 3 aromatic rings. The maximum atomic E-state index is 11.1. The highest BCUT2D eigenvalue weighted by Crippen LogP contribution is 2.38.